The summed E-state index contributed by atoms with van der Waals surface area (Å²) >= 11 is 1.43. The van der Waals surface area contributed by atoms with Gasteiger partial charge in [0.25, 0.3) is 0 Å². The minimum Gasteiger partial charge on any atom is -0.383 e. The number of H-pyrrole nitrogens is 1. The van der Waals surface area contributed by atoms with Crippen molar-refractivity contribution in [2.75, 3.05) is 20.3 Å². The molecule has 5 nitrogen and oxygen atoms in total. The molecule has 0 aliphatic carbocycles. The monoisotopic (exact) mass is 365 g/mol. The number of nitrogens with two attached hydrogens (primary N) is 1. The Morgan fingerprint density at radius 3 is 3.04 bits per heavy atom. The van der Waals surface area contributed by atoms with Crippen LogP contribution >= 0.6 is 11.9 Å². The highest BCUT2D eigenvalue weighted by molar-refractivity contribution is 7.97. The number of benzene rings is 1. The number of hydrogen-bond acceptors (Lipinski definition) is 3. The molecule has 0 spiro atoms. The zero-order valence-electron chi connectivity index (χ0n) is 14.2. The topological polar surface area (TPSA) is 69.8 Å². The van der Waals surface area contributed by atoms with Gasteiger partial charge in [-0.05, 0) is 49.4 Å². The molecule has 8 heteroatoms. The summed E-state index contributed by atoms with van der Waals surface area (Å²) in [5.41, 5.74) is 7.84. The highest BCUT2D eigenvalue weighted by Crippen LogP contribution is 2.34. The highest BCUT2D eigenvalue weighted by Gasteiger charge is 2.26. The van der Waals surface area contributed by atoms with Crippen molar-refractivity contribution in [2.24, 2.45) is 15.7 Å². The summed E-state index contributed by atoms with van der Waals surface area (Å²) in [5.74, 6) is -0.0602. The maximum absolute atomic E-state index is 14.4. The number of fused-ring (bicyclic) bond motifs is 1. The highest BCUT2D eigenvalue weighted by atomic mass is 32.2. The van der Waals surface area contributed by atoms with E-state index in [1.54, 1.807) is 14.0 Å². The standard InChI is InChI=1S/C17H21F2N5S/c1-10-6-13(19)16-12(15(10)17(20)22-9-21-2)7-14(23-16)25-24-5-3-4-11(24)8-18/h6-7,9,11,23H,3-5,8H2,1-2H3,(H2,20,21,22). The number of aliphatic imine (C=N–C) groups is 2. The minimum absolute atomic E-state index is 0.0881. The van der Waals surface area contributed by atoms with Crippen LogP contribution in [-0.4, -0.2) is 47.8 Å². The van der Waals surface area contributed by atoms with Crippen molar-refractivity contribution in [1.29, 1.82) is 0 Å². The molecule has 25 heavy (non-hydrogen) atoms. The van der Waals surface area contributed by atoms with Crippen LogP contribution in [0.4, 0.5) is 8.78 Å². The Hall–Kier alpha value is -1.93. The number of aryl methyl sites for hydroxylation is 1. The third-order valence-corrected chi connectivity index (χ3v) is 5.46. The van der Waals surface area contributed by atoms with Crippen molar-refractivity contribution in [3.05, 3.63) is 29.1 Å². The summed E-state index contributed by atoms with van der Waals surface area (Å²) in [5, 5.41) is 1.43. The van der Waals surface area contributed by atoms with Gasteiger partial charge in [-0.25, -0.2) is 18.1 Å². The van der Waals surface area contributed by atoms with E-state index in [1.807, 2.05) is 10.4 Å². The van der Waals surface area contributed by atoms with Gasteiger partial charge in [0.1, 0.15) is 24.7 Å². The maximum atomic E-state index is 14.4. The molecule has 1 aliphatic rings. The lowest BCUT2D eigenvalue weighted by Gasteiger charge is -2.19. The second-order valence-electron chi connectivity index (χ2n) is 6.04. The van der Waals surface area contributed by atoms with Gasteiger partial charge >= 0.3 is 0 Å². The van der Waals surface area contributed by atoms with Crippen LogP contribution in [0.2, 0.25) is 0 Å². The molecule has 1 fully saturated rings. The fourth-order valence-corrected chi connectivity index (χ4v) is 4.25. The molecule has 3 rings (SSSR count). The van der Waals surface area contributed by atoms with E-state index in [2.05, 4.69) is 15.0 Å². The van der Waals surface area contributed by atoms with Gasteiger partial charge in [0.2, 0.25) is 0 Å². The number of hydrogen-bond donors (Lipinski definition) is 2. The molecular weight excluding hydrogens is 344 g/mol. The quantitative estimate of drug-likeness (QED) is 0.485. The lowest BCUT2D eigenvalue weighted by molar-refractivity contribution is 0.332. The number of halogens is 2. The van der Waals surface area contributed by atoms with E-state index in [4.69, 9.17) is 5.73 Å². The largest absolute Gasteiger partial charge is 0.383 e. The summed E-state index contributed by atoms with van der Waals surface area (Å²) in [6.45, 7) is 2.24. The lowest BCUT2D eigenvalue weighted by Crippen LogP contribution is -2.24. The van der Waals surface area contributed by atoms with Crippen molar-refractivity contribution in [1.82, 2.24) is 9.29 Å². The van der Waals surface area contributed by atoms with Crippen LogP contribution in [0.5, 0.6) is 0 Å². The van der Waals surface area contributed by atoms with Crippen LogP contribution in [-0.2, 0) is 0 Å². The van der Waals surface area contributed by atoms with Crippen LogP contribution in [0.3, 0.4) is 0 Å². The summed E-state index contributed by atoms with van der Waals surface area (Å²) < 4.78 is 29.5. The van der Waals surface area contributed by atoms with Crippen molar-refractivity contribution in [3.63, 3.8) is 0 Å². The normalized spacial score (nSPS) is 19.5. The van der Waals surface area contributed by atoms with Crippen LogP contribution in [0, 0.1) is 12.7 Å². The zero-order chi connectivity index (χ0) is 18.0. The van der Waals surface area contributed by atoms with E-state index in [0.717, 1.165) is 24.4 Å². The summed E-state index contributed by atoms with van der Waals surface area (Å²) in [4.78, 5) is 11.0. The smallest absolute Gasteiger partial charge is 0.147 e. The Labute approximate surface area is 149 Å². The van der Waals surface area contributed by atoms with Crippen molar-refractivity contribution >= 4 is 35.0 Å². The SMILES string of the molecule is CN=CN=C(N)c1c(C)cc(F)c2[nH]c(SN3CCCC3CF)cc12. The summed E-state index contributed by atoms with van der Waals surface area (Å²) in [7, 11) is 1.60. The molecule has 0 saturated carbocycles. The third kappa shape index (κ3) is 3.55. The summed E-state index contributed by atoms with van der Waals surface area (Å²) in [6.07, 6.45) is 3.18. The predicted molar refractivity (Wildman–Crippen MR) is 99.7 cm³/mol. The summed E-state index contributed by atoms with van der Waals surface area (Å²) in [6, 6.07) is 3.20. The Kier molecular flexibility index (Phi) is 5.39. The van der Waals surface area contributed by atoms with Crippen LogP contribution in [0.1, 0.15) is 24.0 Å². The molecule has 1 aromatic heterocycles. The molecule has 1 aliphatic heterocycles. The van der Waals surface area contributed by atoms with Gasteiger partial charge in [-0.15, -0.1) is 0 Å². The third-order valence-electron chi connectivity index (χ3n) is 4.32. The average molecular weight is 365 g/mol. The Morgan fingerprint density at radius 2 is 2.32 bits per heavy atom. The Balaban J connectivity index is 2.02. The van der Waals surface area contributed by atoms with E-state index in [9.17, 15) is 8.78 Å². The average Bonchev–Trinajstić information content (AvgIpc) is 3.20. The van der Waals surface area contributed by atoms with Crippen molar-refractivity contribution < 1.29 is 8.78 Å². The zero-order valence-corrected chi connectivity index (χ0v) is 15.0. The molecule has 1 unspecified atom stereocenters. The first kappa shape index (κ1) is 17.9. The maximum Gasteiger partial charge on any atom is 0.147 e. The molecule has 0 bridgehead atoms. The first-order chi connectivity index (χ1) is 12.0. The molecule has 1 atom stereocenters. The van der Waals surface area contributed by atoms with Crippen molar-refractivity contribution in [3.8, 4) is 0 Å². The van der Waals surface area contributed by atoms with E-state index >= 15 is 0 Å². The molecule has 2 aromatic rings. The van der Waals surface area contributed by atoms with Crippen LogP contribution in [0.25, 0.3) is 10.9 Å². The van der Waals surface area contributed by atoms with Gasteiger partial charge in [0.15, 0.2) is 0 Å². The van der Waals surface area contributed by atoms with Gasteiger partial charge in [0.05, 0.1) is 10.5 Å². The number of rotatable bonds is 5. The number of nitrogens with one attached hydrogen (secondary N) is 1. The second kappa shape index (κ2) is 7.53. The molecule has 0 amide bonds. The predicted octanol–water partition coefficient (Wildman–Crippen LogP) is 3.42. The molecule has 2 heterocycles. The number of alkyl halides is 1. The van der Waals surface area contributed by atoms with Crippen molar-refractivity contribution in [2.45, 2.75) is 30.8 Å². The van der Waals surface area contributed by atoms with E-state index in [1.165, 1.54) is 24.4 Å². The molecule has 134 valence electrons. The fraction of sp³-hybridized carbons (Fsp3) is 0.412. The Morgan fingerprint density at radius 1 is 1.52 bits per heavy atom. The van der Waals surface area contributed by atoms with Gasteiger partial charge < -0.3 is 10.7 Å². The van der Waals surface area contributed by atoms with Gasteiger partial charge in [0, 0.05) is 30.6 Å². The van der Waals surface area contributed by atoms with E-state index in [-0.39, 0.29) is 24.4 Å². The van der Waals surface area contributed by atoms with Gasteiger partial charge in [-0.1, -0.05) is 0 Å². The molecule has 1 aromatic carbocycles. The molecule has 3 N–H and O–H groups in total. The van der Waals surface area contributed by atoms with Crippen LogP contribution in [0.15, 0.2) is 27.1 Å². The number of nitrogens with zero attached hydrogens (tertiary/aromatic N) is 3. The fourth-order valence-electron chi connectivity index (χ4n) is 3.15. The molecular formula is C17H21F2N5S. The first-order valence-corrected chi connectivity index (χ1v) is 8.89. The number of aromatic nitrogens is 1. The molecule has 0 radical (unpaired) electrons. The van der Waals surface area contributed by atoms with Gasteiger partial charge in [-0.3, -0.25) is 4.99 Å². The number of amidine groups is 1. The van der Waals surface area contributed by atoms with Gasteiger partial charge in [-0.2, -0.15) is 0 Å². The molecule has 1 saturated heterocycles. The first-order valence-electron chi connectivity index (χ1n) is 8.11. The second-order valence-corrected chi connectivity index (χ2v) is 7.13. The lowest BCUT2D eigenvalue weighted by atomic mass is 10.0. The van der Waals surface area contributed by atoms with E-state index < -0.39 is 0 Å². The Bertz CT molecular complexity index is 830. The number of aromatic amines is 1. The van der Waals surface area contributed by atoms with Crippen LogP contribution < -0.4 is 5.73 Å². The minimum atomic E-state index is -0.373. The van der Waals surface area contributed by atoms with E-state index in [0.29, 0.717) is 22.0 Å².